The summed E-state index contributed by atoms with van der Waals surface area (Å²) in [6, 6.07) is 0.763. The average molecular weight is 276 g/mol. The largest absolute Gasteiger partial charge is 0.353 e. The molecule has 1 aliphatic carbocycles. The van der Waals surface area contributed by atoms with E-state index in [2.05, 4.69) is 47.8 Å². The van der Waals surface area contributed by atoms with E-state index in [9.17, 15) is 0 Å². The molecule has 4 nitrogen and oxygen atoms in total. The molecule has 2 unspecified atom stereocenters. The summed E-state index contributed by atoms with van der Waals surface area (Å²) < 4.78 is 2.10. The van der Waals surface area contributed by atoms with Crippen molar-refractivity contribution >= 4 is 5.82 Å². The molecular weight excluding hydrogens is 248 g/mol. The van der Waals surface area contributed by atoms with Gasteiger partial charge < -0.3 is 10.2 Å². The molecule has 0 aromatic carbocycles. The average Bonchev–Trinajstić information content (AvgIpc) is 3.04. The van der Waals surface area contributed by atoms with Gasteiger partial charge in [0.1, 0.15) is 5.82 Å². The minimum atomic E-state index is 0.693. The lowest BCUT2D eigenvalue weighted by atomic mass is 10.1. The molecule has 1 aliphatic heterocycles. The van der Waals surface area contributed by atoms with Gasteiger partial charge in [-0.2, -0.15) is 5.10 Å². The Labute approximate surface area is 122 Å². The van der Waals surface area contributed by atoms with Gasteiger partial charge in [0.15, 0.2) is 0 Å². The van der Waals surface area contributed by atoms with E-state index in [1.54, 1.807) is 0 Å². The Hall–Kier alpha value is -1.03. The molecule has 2 aliphatic rings. The van der Waals surface area contributed by atoms with Crippen LogP contribution in [0.4, 0.5) is 5.82 Å². The molecule has 3 rings (SSSR count). The Morgan fingerprint density at radius 3 is 2.75 bits per heavy atom. The van der Waals surface area contributed by atoms with Crippen molar-refractivity contribution in [2.45, 2.75) is 52.6 Å². The molecule has 0 amide bonds. The van der Waals surface area contributed by atoms with Gasteiger partial charge in [0, 0.05) is 31.7 Å². The first-order valence-corrected chi connectivity index (χ1v) is 8.06. The Morgan fingerprint density at radius 2 is 2.15 bits per heavy atom. The second kappa shape index (κ2) is 5.40. The third-order valence-corrected chi connectivity index (χ3v) is 4.85. The summed E-state index contributed by atoms with van der Waals surface area (Å²) in [6.45, 7) is 9.90. The molecule has 2 atom stereocenters. The van der Waals surface area contributed by atoms with Crippen LogP contribution in [0.1, 0.15) is 44.4 Å². The number of hydrogen-bond donors (Lipinski definition) is 1. The van der Waals surface area contributed by atoms with E-state index in [0.29, 0.717) is 5.92 Å². The first-order valence-electron chi connectivity index (χ1n) is 8.06. The fourth-order valence-corrected chi connectivity index (χ4v) is 3.93. The van der Waals surface area contributed by atoms with Gasteiger partial charge in [0.05, 0.1) is 5.69 Å². The van der Waals surface area contributed by atoms with Gasteiger partial charge in [0.2, 0.25) is 0 Å². The second-order valence-electron chi connectivity index (χ2n) is 7.02. The van der Waals surface area contributed by atoms with Gasteiger partial charge in [0.25, 0.3) is 0 Å². The molecule has 2 heterocycles. The van der Waals surface area contributed by atoms with Crippen molar-refractivity contribution in [1.82, 2.24) is 15.1 Å². The van der Waals surface area contributed by atoms with Crippen LogP contribution in [0.25, 0.3) is 0 Å². The lowest BCUT2D eigenvalue weighted by Crippen LogP contribution is -2.34. The molecular formula is C16H28N4. The zero-order chi connectivity index (χ0) is 14.3. The predicted octanol–water partition coefficient (Wildman–Crippen LogP) is 2.46. The van der Waals surface area contributed by atoms with Crippen molar-refractivity contribution < 1.29 is 0 Å². The lowest BCUT2D eigenvalue weighted by Gasteiger charge is -2.30. The Kier molecular flexibility index (Phi) is 3.76. The van der Waals surface area contributed by atoms with Crippen LogP contribution in [0, 0.1) is 18.8 Å². The van der Waals surface area contributed by atoms with Gasteiger partial charge in [-0.3, -0.25) is 4.68 Å². The maximum absolute atomic E-state index is 4.67. The first kappa shape index (κ1) is 13.9. The van der Waals surface area contributed by atoms with E-state index in [0.717, 1.165) is 25.0 Å². The van der Waals surface area contributed by atoms with Crippen LogP contribution in [0.5, 0.6) is 0 Å². The van der Waals surface area contributed by atoms with E-state index in [4.69, 9.17) is 0 Å². The van der Waals surface area contributed by atoms with E-state index >= 15 is 0 Å². The van der Waals surface area contributed by atoms with Crippen LogP contribution in [-0.2, 0) is 13.6 Å². The summed E-state index contributed by atoms with van der Waals surface area (Å²) in [5, 5.41) is 8.26. The predicted molar refractivity (Wildman–Crippen MR) is 83.0 cm³/mol. The third kappa shape index (κ3) is 2.46. The van der Waals surface area contributed by atoms with Crippen LogP contribution in [-0.4, -0.2) is 28.9 Å². The van der Waals surface area contributed by atoms with Crippen LogP contribution < -0.4 is 10.2 Å². The highest BCUT2D eigenvalue weighted by Crippen LogP contribution is 2.41. The third-order valence-electron chi connectivity index (χ3n) is 4.85. The maximum Gasteiger partial charge on any atom is 0.131 e. The van der Waals surface area contributed by atoms with Gasteiger partial charge in [-0.1, -0.05) is 13.8 Å². The Morgan fingerprint density at radius 1 is 1.35 bits per heavy atom. The fraction of sp³-hybridized carbons (Fsp3) is 0.812. The SMILES string of the molecule is Cc1nn(C)c(N2CC3CCC2C3)c1CNCC(C)C. The summed E-state index contributed by atoms with van der Waals surface area (Å²) in [5.74, 6) is 2.98. The molecule has 1 saturated heterocycles. The quantitative estimate of drug-likeness (QED) is 0.897. The number of rotatable bonds is 5. The highest BCUT2D eigenvalue weighted by molar-refractivity contribution is 5.52. The first-order chi connectivity index (χ1) is 9.56. The van der Waals surface area contributed by atoms with Crippen molar-refractivity contribution in [2.24, 2.45) is 18.9 Å². The molecule has 0 radical (unpaired) electrons. The second-order valence-corrected chi connectivity index (χ2v) is 7.02. The number of hydrogen-bond acceptors (Lipinski definition) is 3. The van der Waals surface area contributed by atoms with Crippen LogP contribution in [0.15, 0.2) is 0 Å². The molecule has 1 aromatic rings. The van der Waals surface area contributed by atoms with Crippen molar-refractivity contribution in [3.63, 3.8) is 0 Å². The highest BCUT2D eigenvalue weighted by Gasteiger charge is 2.40. The van der Waals surface area contributed by atoms with Crippen LogP contribution in [0.3, 0.4) is 0 Å². The van der Waals surface area contributed by atoms with Crippen molar-refractivity contribution in [1.29, 1.82) is 0 Å². The summed E-state index contributed by atoms with van der Waals surface area (Å²) in [4.78, 5) is 2.63. The molecule has 4 heteroatoms. The summed E-state index contributed by atoms with van der Waals surface area (Å²) in [5.41, 5.74) is 2.59. The number of piperidine rings is 1. The zero-order valence-electron chi connectivity index (χ0n) is 13.3. The van der Waals surface area contributed by atoms with Gasteiger partial charge in [-0.05, 0) is 44.6 Å². The standard InChI is InChI=1S/C16H28N4/c1-11(2)8-17-9-15-12(3)18-19(4)16(15)20-10-13-5-6-14(20)7-13/h11,13-14,17H,5-10H2,1-4H3. The topological polar surface area (TPSA) is 33.1 Å². The monoisotopic (exact) mass is 276 g/mol. The molecule has 1 N–H and O–H groups in total. The van der Waals surface area contributed by atoms with Crippen molar-refractivity contribution in [3.8, 4) is 0 Å². The van der Waals surface area contributed by atoms with E-state index < -0.39 is 0 Å². The molecule has 112 valence electrons. The van der Waals surface area contributed by atoms with Crippen LogP contribution in [0.2, 0.25) is 0 Å². The Bertz CT molecular complexity index is 477. The molecule has 1 saturated carbocycles. The van der Waals surface area contributed by atoms with Gasteiger partial charge in [-0.15, -0.1) is 0 Å². The number of nitrogens with zero attached hydrogens (tertiary/aromatic N) is 3. The van der Waals surface area contributed by atoms with E-state index in [-0.39, 0.29) is 0 Å². The smallest absolute Gasteiger partial charge is 0.131 e. The molecule has 1 aromatic heterocycles. The minimum absolute atomic E-state index is 0.693. The Balaban J connectivity index is 1.79. The summed E-state index contributed by atoms with van der Waals surface area (Å²) >= 11 is 0. The number of nitrogens with one attached hydrogen (secondary N) is 1. The van der Waals surface area contributed by atoms with Gasteiger partial charge >= 0.3 is 0 Å². The maximum atomic E-state index is 4.67. The number of aromatic nitrogens is 2. The van der Waals surface area contributed by atoms with Crippen LogP contribution >= 0.6 is 0 Å². The number of fused-ring (bicyclic) bond motifs is 2. The normalized spacial score (nSPS) is 25.1. The number of anilines is 1. The number of aryl methyl sites for hydroxylation is 2. The van der Waals surface area contributed by atoms with Crippen molar-refractivity contribution in [3.05, 3.63) is 11.3 Å². The molecule has 0 spiro atoms. The lowest BCUT2D eigenvalue weighted by molar-refractivity contribution is 0.534. The van der Waals surface area contributed by atoms with Crippen molar-refractivity contribution in [2.75, 3.05) is 18.0 Å². The highest BCUT2D eigenvalue weighted by atomic mass is 15.4. The van der Waals surface area contributed by atoms with Gasteiger partial charge in [-0.25, -0.2) is 0 Å². The van der Waals surface area contributed by atoms with E-state index in [1.807, 2.05) is 0 Å². The summed E-state index contributed by atoms with van der Waals surface area (Å²) in [6.07, 6.45) is 4.19. The fourth-order valence-electron chi connectivity index (χ4n) is 3.93. The molecule has 20 heavy (non-hydrogen) atoms. The molecule has 2 fully saturated rings. The minimum Gasteiger partial charge on any atom is -0.353 e. The summed E-state index contributed by atoms with van der Waals surface area (Å²) in [7, 11) is 2.10. The molecule has 2 bridgehead atoms. The van der Waals surface area contributed by atoms with E-state index in [1.165, 1.54) is 42.9 Å². The zero-order valence-corrected chi connectivity index (χ0v) is 13.3.